The maximum Gasteiger partial charge on any atom is 0.0829 e. The molecule has 1 heterocycles. The molecule has 0 saturated carbocycles. The summed E-state index contributed by atoms with van der Waals surface area (Å²) in [5, 5.41) is 7.53. The van der Waals surface area contributed by atoms with Gasteiger partial charge in [-0.15, -0.1) is 16.9 Å². The molecule has 0 bridgehead atoms. The predicted molar refractivity (Wildman–Crippen MR) is 68.5 cm³/mol. The van der Waals surface area contributed by atoms with Crippen molar-refractivity contribution in [1.82, 2.24) is 14.9 Å². The van der Waals surface area contributed by atoms with Gasteiger partial charge in [-0.25, -0.2) is 0 Å². The highest BCUT2D eigenvalue weighted by molar-refractivity contribution is 7.05. The molecule has 1 atom stereocenters. The van der Waals surface area contributed by atoms with Crippen LogP contribution < -0.4 is 5.32 Å². The fourth-order valence-corrected chi connectivity index (χ4v) is 2.54. The van der Waals surface area contributed by atoms with Crippen LogP contribution in [0.5, 0.6) is 0 Å². The minimum Gasteiger partial charge on any atom is -0.312 e. The molecule has 0 aliphatic heterocycles. The SMILES string of the molecule is CC#CCCC(NC)c1snnc1C(C)C. The van der Waals surface area contributed by atoms with E-state index in [2.05, 4.69) is 40.6 Å². The van der Waals surface area contributed by atoms with Crippen molar-refractivity contribution in [2.24, 2.45) is 0 Å². The molecule has 0 aliphatic rings. The molecule has 0 fully saturated rings. The highest BCUT2D eigenvalue weighted by atomic mass is 32.1. The van der Waals surface area contributed by atoms with Gasteiger partial charge >= 0.3 is 0 Å². The van der Waals surface area contributed by atoms with E-state index in [1.165, 1.54) is 16.4 Å². The van der Waals surface area contributed by atoms with Crippen LogP contribution in [0.3, 0.4) is 0 Å². The Morgan fingerprint density at radius 2 is 2.19 bits per heavy atom. The van der Waals surface area contributed by atoms with E-state index in [0.717, 1.165) is 18.5 Å². The van der Waals surface area contributed by atoms with Crippen molar-refractivity contribution in [2.75, 3.05) is 7.05 Å². The van der Waals surface area contributed by atoms with Crippen LogP contribution in [-0.4, -0.2) is 16.6 Å². The molecule has 1 unspecified atom stereocenters. The van der Waals surface area contributed by atoms with Gasteiger partial charge in [0.15, 0.2) is 0 Å². The molecule has 3 nitrogen and oxygen atoms in total. The molecule has 0 radical (unpaired) electrons. The summed E-state index contributed by atoms with van der Waals surface area (Å²) in [4.78, 5) is 1.26. The number of hydrogen-bond acceptors (Lipinski definition) is 4. The zero-order valence-electron chi connectivity index (χ0n) is 10.4. The molecule has 88 valence electrons. The predicted octanol–water partition coefficient (Wildman–Crippen LogP) is 2.73. The molecule has 1 rings (SSSR count). The first-order valence-corrected chi connectivity index (χ1v) is 6.37. The Labute approximate surface area is 102 Å². The van der Waals surface area contributed by atoms with Gasteiger partial charge in [0.1, 0.15) is 0 Å². The van der Waals surface area contributed by atoms with Crippen LogP contribution in [0.25, 0.3) is 0 Å². The normalized spacial score (nSPS) is 12.3. The summed E-state index contributed by atoms with van der Waals surface area (Å²) >= 11 is 1.50. The van der Waals surface area contributed by atoms with Crippen molar-refractivity contribution >= 4 is 11.5 Å². The molecule has 0 spiro atoms. The van der Waals surface area contributed by atoms with E-state index in [1.54, 1.807) is 0 Å². The molecule has 0 amide bonds. The van der Waals surface area contributed by atoms with Crippen LogP contribution in [0.2, 0.25) is 0 Å². The van der Waals surface area contributed by atoms with Crippen LogP contribution in [0.1, 0.15) is 56.1 Å². The summed E-state index contributed by atoms with van der Waals surface area (Å²) in [7, 11) is 1.98. The second-order valence-corrected chi connectivity index (χ2v) is 4.77. The fraction of sp³-hybridized carbons (Fsp3) is 0.667. The molecule has 0 aliphatic carbocycles. The highest BCUT2D eigenvalue weighted by Crippen LogP contribution is 2.28. The highest BCUT2D eigenvalue weighted by Gasteiger charge is 2.19. The van der Waals surface area contributed by atoms with Crippen molar-refractivity contribution in [3.63, 3.8) is 0 Å². The van der Waals surface area contributed by atoms with Crippen LogP contribution in [0, 0.1) is 11.8 Å². The minimum absolute atomic E-state index is 0.332. The number of hydrogen-bond donors (Lipinski definition) is 1. The van der Waals surface area contributed by atoms with E-state index in [1.807, 2.05) is 14.0 Å². The third-order valence-corrected chi connectivity index (χ3v) is 3.34. The molecule has 16 heavy (non-hydrogen) atoms. The topological polar surface area (TPSA) is 37.8 Å². The van der Waals surface area contributed by atoms with Crippen LogP contribution in [0.4, 0.5) is 0 Å². The van der Waals surface area contributed by atoms with Gasteiger partial charge in [0.25, 0.3) is 0 Å². The van der Waals surface area contributed by atoms with Gasteiger partial charge in [0, 0.05) is 12.5 Å². The summed E-state index contributed by atoms with van der Waals surface area (Å²) in [6, 6.07) is 0.332. The van der Waals surface area contributed by atoms with Gasteiger partial charge in [0.2, 0.25) is 0 Å². The van der Waals surface area contributed by atoms with Crippen LogP contribution >= 0.6 is 11.5 Å². The third-order valence-electron chi connectivity index (χ3n) is 2.49. The molecule has 0 saturated heterocycles. The smallest absolute Gasteiger partial charge is 0.0829 e. The van der Waals surface area contributed by atoms with E-state index < -0.39 is 0 Å². The molecule has 4 heteroatoms. The van der Waals surface area contributed by atoms with Crippen molar-refractivity contribution in [2.45, 2.75) is 45.6 Å². The zero-order valence-corrected chi connectivity index (χ0v) is 11.2. The van der Waals surface area contributed by atoms with E-state index in [9.17, 15) is 0 Å². The molecular formula is C12H19N3S. The maximum atomic E-state index is 4.21. The number of rotatable bonds is 5. The zero-order chi connectivity index (χ0) is 12.0. The second-order valence-electron chi connectivity index (χ2n) is 3.98. The number of nitrogens with zero attached hydrogens (tertiary/aromatic N) is 2. The lowest BCUT2D eigenvalue weighted by Gasteiger charge is -2.14. The third kappa shape index (κ3) is 3.29. The monoisotopic (exact) mass is 237 g/mol. The first-order chi connectivity index (χ1) is 7.70. The maximum absolute atomic E-state index is 4.21. The Kier molecular flexibility index (Phi) is 5.44. The fourth-order valence-electron chi connectivity index (χ4n) is 1.59. The van der Waals surface area contributed by atoms with Gasteiger partial charge in [-0.1, -0.05) is 18.3 Å². The van der Waals surface area contributed by atoms with Gasteiger partial charge in [-0.05, 0) is 37.8 Å². The van der Waals surface area contributed by atoms with E-state index in [-0.39, 0.29) is 0 Å². The van der Waals surface area contributed by atoms with Crippen molar-refractivity contribution in [3.8, 4) is 11.8 Å². The summed E-state index contributed by atoms with van der Waals surface area (Å²) < 4.78 is 4.06. The Bertz CT molecular complexity index is 373. The quantitative estimate of drug-likeness (QED) is 0.800. The second kappa shape index (κ2) is 6.62. The molecule has 1 aromatic heterocycles. The van der Waals surface area contributed by atoms with Gasteiger partial charge in [-0.3, -0.25) is 0 Å². The Balaban J connectivity index is 2.76. The first kappa shape index (κ1) is 13.1. The molecule has 0 aromatic carbocycles. The van der Waals surface area contributed by atoms with Crippen molar-refractivity contribution < 1.29 is 0 Å². The number of nitrogens with one attached hydrogen (secondary N) is 1. The van der Waals surface area contributed by atoms with E-state index in [4.69, 9.17) is 0 Å². The molecule has 1 N–H and O–H groups in total. The lowest BCUT2D eigenvalue weighted by Crippen LogP contribution is -2.16. The van der Waals surface area contributed by atoms with Gasteiger partial charge in [-0.2, -0.15) is 0 Å². The van der Waals surface area contributed by atoms with Crippen molar-refractivity contribution in [1.29, 1.82) is 0 Å². The summed E-state index contributed by atoms with van der Waals surface area (Å²) in [5.74, 6) is 6.45. The Morgan fingerprint density at radius 3 is 2.75 bits per heavy atom. The summed E-state index contributed by atoms with van der Waals surface area (Å²) in [6.07, 6.45) is 1.93. The lowest BCUT2D eigenvalue weighted by molar-refractivity contribution is 0.557. The summed E-state index contributed by atoms with van der Waals surface area (Å²) in [5.41, 5.74) is 1.12. The van der Waals surface area contributed by atoms with Gasteiger partial charge in [0.05, 0.1) is 10.6 Å². The van der Waals surface area contributed by atoms with E-state index in [0.29, 0.717) is 12.0 Å². The minimum atomic E-state index is 0.332. The Hall–Kier alpha value is -0.920. The van der Waals surface area contributed by atoms with Crippen molar-refractivity contribution in [3.05, 3.63) is 10.6 Å². The first-order valence-electron chi connectivity index (χ1n) is 5.59. The molecular weight excluding hydrogens is 218 g/mol. The average molecular weight is 237 g/mol. The average Bonchev–Trinajstić information content (AvgIpc) is 2.73. The summed E-state index contributed by atoms with van der Waals surface area (Å²) in [6.45, 7) is 6.18. The van der Waals surface area contributed by atoms with Gasteiger partial charge < -0.3 is 5.32 Å². The standard InChI is InChI=1S/C12H19N3S/c1-5-6-7-8-10(13-4)12-11(9(2)3)14-15-16-12/h9-10,13H,7-8H2,1-4H3. The van der Waals surface area contributed by atoms with Crippen LogP contribution in [0.15, 0.2) is 0 Å². The Morgan fingerprint density at radius 1 is 1.44 bits per heavy atom. The van der Waals surface area contributed by atoms with E-state index >= 15 is 0 Å². The largest absolute Gasteiger partial charge is 0.312 e. The lowest BCUT2D eigenvalue weighted by atomic mass is 10.0. The van der Waals surface area contributed by atoms with Crippen LogP contribution in [-0.2, 0) is 0 Å². The molecule has 1 aromatic rings. The number of aromatic nitrogens is 2.